The molecule has 4 aromatic carbocycles. The van der Waals surface area contributed by atoms with Crippen LogP contribution >= 0.6 is 0 Å². The molecular formula is C23H19N2NaO7S2. The Kier molecular flexibility index (Phi) is 7.90. The fourth-order valence-electron chi connectivity index (χ4n) is 3.32. The van der Waals surface area contributed by atoms with Crippen LogP contribution in [0, 0.1) is 0 Å². The van der Waals surface area contributed by atoms with Gasteiger partial charge in [0.1, 0.15) is 5.75 Å². The van der Waals surface area contributed by atoms with Crippen molar-refractivity contribution in [3.8, 4) is 5.75 Å². The summed E-state index contributed by atoms with van der Waals surface area (Å²) >= 11 is 0. The fourth-order valence-corrected chi connectivity index (χ4v) is 5.05. The van der Waals surface area contributed by atoms with Crippen LogP contribution in [0.5, 0.6) is 5.75 Å². The predicted octanol–water partition coefficient (Wildman–Crippen LogP) is 3.20. The van der Waals surface area contributed by atoms with E-state index in [1.807, 2.05) is 0 Å². The molecular weight excluding hydrogens is 503 g/mol. The average Bonchev–Trinajstić information content (AvgIpc) is 2.81. The van der Waals surface area contributed by atoms with Gasteiger partial charge in [0, 0.05) is 16.3 Å². The van der Waals surface area contributed by atoms with Gasteiger partial charge in [-0.25, -0.2) is 8.42 Å². The number of fused-ring (bicyclic) bond motifs is 1. The summed E-state index contributed by atoms with van der Waals surface area (Å²) in [6.07, 6.45) is 0. The summed E-state index contributed by atoms with van der Waals surface area (Å²) in [4.78, 5) is 11.5. The van der Waals surface area contributed by atoms with Gasteiger partial charge in [-0.2, -0.15) is 8.42 Å². The minimum atomic E-state index is -4.59. The molecule has 4 aromatic rings. The first kappa shape index (κ1) is 26.7. The van der Waals surface area contributed by atoms with Crippen LogP contribution in [-0.4, -0.2) is 62.0 Å². The SMILES string of the molecule is O=C(Nc1ccc2c(NS(=O)(=O)c3cccc(S(=O)(=O)O)c3)cccc2c1O)c1ccccc1.[NaH]. The zero-order chi connectivity index (χ0) is 24.5. The topological polar surface area (TPSA) is 150 Å². The molecule has 0 heterocycles. The molecule has 0 aromatic heterocycles. The van der Waals surface area contributed by atoms with Crippen molar-refractivity contribution < 1.29 is 31.3 Å². The van der Waals surface area contributed by atoms with Crippen LogP contribution in [0.1, 0.15) is 10.4 Å². The van der Waals surface area contributed by atoms with Crippen molar-refractivity contribution in [2.45, 2.75) is 9.79 Å². The van der Waals surface area contributed by atoms with Crippen molar-refractivity contribution >= 4 is 77.8 Å². The number of amides is 1. The second-order valence-corrected chi connectivity index (χ2v) is 10.3. The van der Waals surface area contributed by atoms with Gasteiger partial charge in [0.25, 0.3) is 26.0 Å². The Morgan fingerprint density at radius 2 is 1.37 bits per heavy atom. The van der Waals surface area contributed by atoms with Gasteiger partial charge in [0.2, 0.25) is 0 Å². The van der Waals surface area contributed by atoms with E-state index in [0.717, 1.165) is 12.1 Å². The third-order valence-electron chi connectivity index (χ3n) is 4.98. The number of hydrogen-bond donors (Lipinski definition) is 4. The Hall–Kier alpha value is -2.93. The molecule has 0 fully saturated rings. The average molecular weight is 523 g/mol. The molecule has 12 heteroatoms. The molecule has 0 saturated carbocycles. The summed E-state index contributed by atoms with van der Waals surface area (Å²) in [5.74, 6) is -0.679. The third kappa shape index (κ3) is 5.84. The first-order chi connectivity index (χ1) is 16.1. The van der Waals surface area contributed by atoms with Gasteiger partial charge in [-0.15, -0.1) is 0 Å². The van der Waals surface area contributed by atoms with Crippen molar-refractivity contribution in [3.63, 3.8) is 0 Å². The normalized spacial score (nSPS) is 11.5. The molecule has 9 nitrogen and oxygen atoms in total. The monoisotopic (exact) mass is 522 g/mol. The molecule has 0 bridgehead atoms. The number of hydrogen-bond acceptors (Lipinski definition) is 6. The van der Waals surface area contributed by atoms with Crippen LogP contribution in [0.15, 0.2) is 94.7 Å². The second kappa shape index (κ2) is 10.4. The summed E-state index contributed by atoms with van der Waals surface area (Å²) in [6.45, 7) is 0. The molecule has 0 spiro atoms. The van der Waals surface area contributed by atoms with Crippen LogP contribution in [0.2, 0.25) is 0 Å². The van der Waals surface area contributed by atoms with Crippen LogP contribution in [0.25, 0.3) is 10.8 Å². The van der Waals surface area contributed by atoms with Crippen LogP contribution in [0.4, 0.5) is 11.4 Å². The number of nitrogens with one attached hydrogen (secondary N) is 2. The van der Waals surface area contributed by atoms with Crippen molar-refractivity contribution in [2.75, 3.05) is 10.0 Å². The maximum atomic E-state index is 12.9. The first-order valence-electron chi connectivity index (χ1n) is 9.78. The molecule has 0 saturated heterocycles. The predicted molar refractivity (Wildman–Crippen MR) is 134 cm³/mol. The van der Waals surface area contributed by atoms with Crippen molar-refractivity contribution in [1.29, 1.82) is 0 Å². The summed E-state index contributed by atoms with van der Waals surface area (Å²) in [5.41, 5.74) is 0.656. The molecule has 4 rings (SSSR count). The molecule has 0 radical (unpaired) electrons. The number of carbonyl (C=O) groups excluding carboxylic acids is 1. The van der Waals surface area contributed by atoms with Crippen molar-refractivity contribution in [2.24, 2.45) is 0 Å². The Morgan fingerprint density at radius 1 is 0.714 bits per heavy atom. The van der Waals surface area contributed by atoms with E-state index >= 15 is 0 Å². The third-order valence-corrected chi connectivity index (χ3v) is 7.19. The van der Waals surface area contributed by atoms with Crippen molar-refractivity contribution in [1.82, 2.24) is 0 Å². The quantitative estimate of drug-likeness (QED) is 0.173. The van der Waals surface area contributed by atoms with Gasteiger partial charge >= 0.3 is 29.6 Å². The van der Waals surface area contributed by atoms with E-state index in [-0.39, 0.29) is 57.0 Å². The van der Waals surface area contributed by atoms with Crippen LogP contribution in [0.3, 0.4) is 0 Å². The summed E-state index contributed by atoms with van der Waals surface area (Å²) in [7, 11) is -8.84. The Labute approximate surface area is 223 Å². The van der Waals surface area contributed by atoms with E-state index in [9.17, 15) is 31.3 Å². The van der Waals surface area contributed by atoms with E-state index in [0.29, 0.717) is 10.9 Å². The molecule has 0 aliphatic rings. The Bertz CT molecular complexity index is 1620. The van der Waals surface area contributed by atoms with Gasteiger partial charge in [-0.05, 0) is 48.5 Å². The van der Waals surface area contributed by atoms with Gasteiger partial charge in [0.15, 0.2) is 0 Å². The molecule has 1 amide bonds. The number of sulfonamides is 1. The number of carbonyl (C=O) groups is 1. The van der Waals surface area contributed by atoms with Crippen LogP contribution < -0.4 is 10.0 Å². The minimum absolute atomic E-state index is 0. The Morgan fingerprint density at radius 3 is 2.06 bits per heavy atom. The molecule has 0 aliphatic carbocycles. The summed E-state index contributed by atoms with van der Waals surface area (Å²) in [5, 5.41) is 14.0. The molecule has 0 unspecified atom stereocenters. The standard InChI is InChI=1S/C23H18N2O7S2.Na.H/c26-22-19-10-5-11-20(25-33(28,29)16-8-4-9-17(14-16)34(30,31)32)18(19)12-13-21(22)24-23(27)15-6-2-1-3-7-15;;/h1-14,25-26H,(H,24,27)(H,30,31,32);;. The van der Waals surface area contributed by atoms with E-state index in [4.69, 9.17) is 0 Å². The van der Waals surface area contributed by atoms with Gasteiger partial charge in [0.05, 0.1) is 21.2 Å². The first-order valence-corrected chi connectivity index (χ1v) is 12.7. The number of benzene rings is 4. The molecule has 35 heavy (non-hydrogen) atoms. The number of phenols is 1. The molecule has 4 N–H and O–H groups in total. The van der Waals surface area contributed by atoms with Gasteiger partial charge in [-0.1, -0.05) is 36.4 Å². The van der Waals surface area contributed by atoms with Crippen LogP contribution in [-0.2, 0) is 20.1 Å². The number of aromatic hydroxyl groups is 1. The summed E-state index contributed by atoms with van der Waals surface area (Å²) < 4.78 is 60.0. The Balaban J connectivity index is 0.00000342. The summed E-state index contributed by atoms with van der Waals surface area (Å²) in [6, 6.07) is 20.2. The number of phenolic OH excluding ortho intramolecular Hbond substituents is 1. The zero-order valence-corrected chi connectivity index (χ0v) is 19.0. The zero-order valence-electron chi connectivity index (χ0n) is 17.3. The second-order valence-electron chi connectivity index (χ2n) is 7.24. The molecule has 0 aliphatic heterocycles. The van der Waals surface area contributed by atoms with E-state index in [1.165, 1.54) is 36.4 Å². The maximum absolute atomic E-state index is 12.9. The number of rotatable bonds is 6. The van der Waals surface area contributed by atoms with E-state index < -0.39 is 30.9 Å². The molecule has 176 valence electrons. The molecule has 0 atom stereocenters. The number of anilines is 2. The van der Waals surface area contributed by atoms with Gasteiger partial charge < -0.3 is 10.4 Å². The van der Waals surface area contributed by atoms with Gasteiger partial charge in [-0.3, -0.25) is 14.1 Å². The van der Waals surface area contributed by atoms with Crippen molar-refractivity contribution in [3.05, 3.63) is 90.5 Å². The fraction of sp³-hybridized carbons (Fsp3) is 0. The van der Waals surface area contributed by atoms with E-state index in [1.54, 1.807) is 36.4 Å². The van der Waals surface area contributed by atoms with E-state index in [2.05, 4.69) is 10.0 Å².